The van der Waals surface area contributed by atoms with Crippen LogP contribution in [0.1, 0.15) is 24.0 Å². The van der Waals surface area contributed by atoms with Gasteiger partial charge in [-0.15, -0.1) is 0 Å². The molecule has 7 heteroatoms. The Bertz CT molecular complexity index is 665. The number of piperidine rings is 1. The highest BCUT2D eigenvalue weighted by atomic mass is 32.2. The highest BCUT2D eigenvalue weighted by Crippen LogP contribution is 2.17. The molecule has 0 spiro atoms. The highest BCUT2D eigenvalue weighted by molar-refractivity contribution is 7.88. The van der Waals surface area contributed by atoms with Crippen LogP contribution in [-0.2, 0) is 14.8 Å². The highest BCUT2D eigenvalue weighted by Gasteiger charge is 2.22. The van der Waals surface area contributed by atoms with E-state index in [2.05, 4.69) is 14.9 Å². The van der Waals surface area contributed by atoms with Crippen molar-refractivity contribution in [1.29, 1.82) is 0 Å². The first-order valence-corrected chi connectivity index (χ1v) is 9.69. The number of nitrogens with zero attached hydrogens (tertiary/aromatic N) is 1. The molecule has 2 N–H and O–H groups in total. The van der Waals surface area contributed by atoms with Crippen molar-refractivity contribution in [3.63, 3.8) is 0 Å². The van der Waals surface area contributed by atoms with E-state index in [0.717, 1.165) is 29.7 Å². The van der Waals surface area contributed by atoms with Crippen molar-refractivity contribution in [2.75, 3.05) is 31.2 Å². The van der Waals surface area contributed by atoms with Crippen molar-refractivity contribution in [3.8, 4) is 0 Å². The van der Waals surface area contributed by atoms with Crippen LogP contribution in [-0.4, -0.2) is 51.2 Å². The largest absolute Gasteiger partial charge is 0.325 e. The minimum atomic E-state index is -3.16. The van der Waals surface area contributed by atoms with E-state index < -0.39 is 10.0 Å². The topological polar surface area (TPSA) is 78.5 Å². The molecular weight excluding hydrogens is 314 g/mol. The molecule has 0 aliphatic carbocycles. The van der Waals surface area contributed by atoms with E-state index in [1.807, 2.05) is 32.0 Å². The Hall–Kier alpha value is -1.44. The number of aryl methyl sites for hydroxylation is 2. The van der Waals surface area contributed by atoms with Gasteiger partial charge in [0.1, 0.15) is 0 Å². The zero-order chi connectivity index (χ0) is 17.0. The number of rotatable bonds is 5. The maximum atomic E-state index is 12.2. The average Bonchev–Trinajstić information content (AvgIpc) is 2.43. The summed E-state index contributed by atoms with van der Waals surface area (Å²) in [7, 11) is -3.16. The summed E-state index contributed by atoms with van der Waals surface area (Å²) in [5.74, 6) is -0.0341. The fourth-order valence-electron chi connectivity index (χ4n) is 2.78. The van der Waals surface area contributed by atoms with E-state index >= 15 is 0 Å². The number of anilines is 1. The summed E-state index contributed by atoms with van der Waals surface area (Å²) in [6.45, 7) is 5.73. The normalized spacial score (nSPS) is 17.2. The van der Waals surface area contributed by atoms with Crippen LogP contribution < -0.4 is 10.0 Å². The number of amides is 1. The number of likely N-dealkylation sites (tertiary alicyclic amines) is 1. The van der Waals surface area contributed by atoms with Crippen molar-refractivity contribution in [2.45, 2.75) is 32.7 Å². The SMILES string of the molecule is Cc1ccc(C)c(NC(=O)CN2CCC(NS(C)(=O)=O)CC2)c1. The number of benzene rings is 1. The number of hydrogen-bond acceptors (Lipinski definition) is 4. The molecule has 1 aromatic rings. The van der Waals surface area contributed by atoms with Gasteiger partial charge in [-0.3, -0.25) is 9.69 Å². The molecule has 0 aromatic heterocycles. The van der Waals surface area contributed by atoms with E-state index in [0.29, 0.717) is 19.6 Å². The molecule has 6 nitrogen and oxygen atoms in total. The molecule has 0 bridgehead atoms. The Kier molecular flexibility index (Phi) is 5.78. The quantitative estimate of drug-likeness (QED) is 0.846. The van der Waals surface area contributed by atoms with E-state index in [4.69, 9.17) is 0 Å². The zero-order valence-corrected chi connectivity index (χ0v) is 14.7. The molecular formula is C16H25N3O3S. The van der Waals surface area contributed by atoms with Gasteiger partial charge in [-0.05, 0) is 43.9 Å². The van der Waals surface area contributed by atoms with Crippen molar-refractivity contribution in [1.82, 2.24) is 9.62 Å². The number of hydrogen-bond donors (Lipinski definition) is 2. The maximum Gasteiger partial charge on any atom is 0.238 e. The van der Waals surface area contributed by atoms with Crippen molar-refractivity contribution in [3.05, 3.63) is 29.3 Å². The van der Waals surface area contributed by atoms with Crippen LogP contribution in [0.3, 0.4) is 0 Å². The molecule has 0 saturated carbocycles. The van der Waals surface area contributed by atoms with Gasteiger partial charge in [0.05, 0.1) is 12.8 Å². The van der Waals surface area contributed by atoms with E-state index in [9.17, 15) is 13.2 Å². The third kappa shape index (κ3) is 5.93. The molecule has 0 unspecified atom stereocenters. The van der Waals surface area contributed by atoms with Crippen LogP contribution in [0.25, 0.3) is 0 Å². The second kappa shape index (κ2) is 7.42. The second-order valence-corrected chi connectivity index (χ2v) is 8.09. The van der Waals surface area contributed by atoms with Gasteiger partial charge in [0, 0.05) is 24.8 Å². The Labute approximate surface area is 138 Å². The van der Waals surface area contributed by atoms with Crippen LogP contribution in [0.15, 0.2) is 18.2 Å². The van der Waals surface area contributed by atoms with E-state index in [1.54, 1.807) is 0 Å². The maximum absolute atomic E-state index is 12.2. The van der Waals surface area contributed by atoms with Gasteiger partial charge in [0.25, 0.3) is 0 Å². The molecule has 1 aromatic carbocycles. The number of carbonyl (C=O) groups is 1. The summed E-state index contributed by atoms with van der Waals surface area (Å²) in [5.41, 5.74) is 3.00. The fourth-order valence-corrected chi connectivity index (χ4v) is 3.62. The smallest absolute Gasteiger partial charge is 0.238 e. The fraction of sp³-hybridized carbons (Fsp3) is 0.562. The first kappa shape index (κ1) is 17.9. The van der Waals surface area contributed by atoms with E-state index in [1.165, 1.54) is 6.26 Å². The molecule has 1 fully saturated rings. The predicted molar refractivity (Wildman–Crippen MR) is 92.0 cm³/mol. The lowest BCUT2D eigenvalue weighted by atomic mass is 10.1. The number of sulfonamides is 1. The summed E-state index contributed by atoms with van der Waals surface area (Å²) >= 11 is 0. The third-order valence-corrected chi connectivity index (χ3v) is 4.76. The molecule has 1 heterocycles. The van der Waals surface area contributed by atoms with Gasteiger partial charge < -0.3 is 5.32 Å². The first-order chi connectivity index (χ1) is 10.7. The monoisotopic (exact) mass is 339 g/mol. The molecule has 0 atom stereocenters. The summed E-state index contributed by atoms with van der Waals surface area (Å²) in [6, 6.07) is 5.95. The van der Waals surface area contributed by atoms with Gasteiger partial charge in [-0.2, -0.15) is 0 Å². The van der Waals surface area contributed by atoms with Crippen molar-refractivity contribution >= 4 is 21.6 Å². The van der Waals surface area contributed by atoms with Crippen molar-refractivity contribution in [2.24, 2.45) is 0 Å². The van der Waals surface area contributed by atoms with Crippen molar-refractivity contribution < 1.29 is 13.2 Å². The van der Waals surface area contributed by atoms with Crippen LogP contribution in [0.2, 0.25) is 0 Å². The lowest BCUT2D eigenvalue weighted by Crippen LogP contribution is -2.46. The Balaban J connectivity index is 1.82. The Morgan fingerprint density at radius 3 is 2.52 bits per heavy atom. The summed E-state index contributed by atoms with van der Waals surface area (Å²) in [5, 5.41) is 2.96. The van der Waals surface area contributed by atoms with Gasteiger partial charge >= 0.3 is 0 Å². The molecule has 1 aliphatic rings. The predicted octanol–water partition coefficient (Wildman–Crippen LogP) is 1.26. The Morgan fingerprint density at radius 1 is 1.26 bits per heavy atom. The molecule has 2 rings (SSSR count). The summed E-state index contributed by atoms with van der Waals surface area (Å²) in [6.07, 6.45) is 2.63. The van der Waals surface area contributed by atoms with Gasteiger partial charge in [-0.25, -0.2) is 13.1 Å². The lowest BCUT2D eigenvalue weighted by Gasteiger charge is -2.31. The van der Waals surface area contributed by atoms with Crippen LogP contribution >= 0.6 is 0 Å². The van der Waals surface area contributed by atoms with Gasteiger partial charge in [-0.1, -0.05) is 12.1 Å². The minimum Gasteiger partial charge on any atom is -0.325 e. The summed E-state index contributed by atoms with van der Waals surface area (Å²) < 4.78 is 25.1. The first-order valence-electron chi connectivity index (χ1n) is 7.80. The van der Waals surface area contributed by atoms with Crippen LogP contribution in [0.5, 0.6) is 0 Å². The van der Waals surface area contributed by atoms with Crippen LogP contribution in [0, 0.1) is 13.8 Å². The molecule has 1 amide bonds. The molecule has 0 radical (unpaired) electrons. The van der Waals surface area contributed by atoms with E-state index in [-0.39, 0.29) is 11.9 Å². The lowest BCUT2D eigenvalue weighted by molar-refractivity contribution is -0.117. The standard InChI is InChI=1S/C16H25N3O3S/c1-12-4-5-13(2)15(10-12)17-16(20)11-19-8-6-14(7-9-19)18-23(3,21)22/h4-5,10,14,18H,6-9,11H2,1-3H3,(H,17,20). The number of nitrogens with one attached hydrogen (secondary N) is 2. The zero-order valence-electron chi connectivity index (χ0n) is 13.9. The van der Waals surface area contributed by atoms with Crippen LogP contribution in [0.4, 0.5) is 5.69 Å². The second-order valence-electron chi connectivity index (χ2n) is 6.31. The summed E-state index contributed by atoms with van der Waals surface area (Å²) in [4.78, 5) is 14.2. The molecule has 128 valence electrons. The average molecular weight is 339 g/mol. The minimum absolute atomic E-state index is 0.0247. The molecule has 23 heavy (non-hydrogen) atoms. The third-order valence-electron chi connectivity index (χ3n) is 4.00. The van der Waals surface area contributed by atoms with Gasteiger partial charge in [0.2, 0.25) is 15.9 Å². The number of carbonyl (C=O) groups excluding carboxylic acids is 1. The molecule has 1 aliphatic heterocycles. The Morgan fingerprint density at radius 2 is 1.91 bits per heavy atom. The molecule has 1 saturated heterocycles. The van der Waals surface area contributed by atoms with Gasteiger partial charge in [0.15, 0.2) is 0 Å².